The lowest BCUT2D eigenvalue weighted by Crippen LogP contribution is -2.43. The monoisotopic (exact) mass is 449 g/mol. The summed E-state index contributed by atoms with van der Waals surface area (Å²) in [5.74, 6) is 0.574. The average molecular weight is 450 g/mol. The largest absolute Gasteiger partial charge is 0.416 e. The summed E-state index contributed by atoms with van der Waals surface area (Å²) in [6.07, 6.45) is -2.87. The molecule has 1 aromatic carbocycles. The zero-order valence-electron chi connectivity index (χ0n) is 18.3. The second kappa shape index (κ2) is 9.71. The summed E-state index contributed by atoms with van der Waals surface area (Å²) in [6.45, 7) is 11.9. The van der Waals surface area contributed by atoms with Crippen molar-refractivity contribution < 1.29 is 17.6 Å². The van der Waals surface area contributed by atoms with Crippen LogP contribution in [0.5, 0.6) is 0 Å². The molecule has 1 saturated carbocycles. The Hall–Kier alpha value is -0.563. The highest BCUT2D eigenvalue weighted by molar-refractivity contribution is 6.73. The fourth-order valence-electron chi connectivity index (χ4n) is 4.68. The number of hydrogen-bond acceptors (Lipinski definition) is 2. The van der Waals surface area contributed by atoms with Crippen LogP contribution in [0.3, 0.4) is 0 Å². The SMILES string of the molecule is CC[Si](CC)(CC)OC(CNCC1CC(C)(C)C1)c1c(Cl)cccc1C(F)(F)F. The van der Waals surface area contributed by atoms with Crippen LogP contribution in [-0.2, 0) is 10.6 Å². The van der Waals surface area contributed by atoms with Gasteiger partial charge in [0.05, 0.1) is 11.7 Å². The minimum Gasteiger partial charge on any atom is -0.409 e. The van der Waals surface area contributed by atoms with Gasteiger partial charge in [-0.25, -0.2) is 0 Å². The Morgan fingerprint density at radius 1 is 1.17 bits per heavy atom. The summed E-state index contributed by atoms with van der Waals surface area (Å²) in [4.78, 5) is 0. The van der Waals surface area contributed by atoms with Crippen molar-refractivity contribution in [3.8, 4) is 0 Å². The van der Waals surface area contributed by atoms with Gasteiger partial charge in [-0.3, -0.25) is 0 Å². The highest BCUT2D eigenvalue weighted by Crippen LogP contribution is 2.45. The predicted octanol–water partition coefficient (Wildman–Crippen LogP) is 7.45. The third kappa shape index (κ3) is 6.22. The molecule has 1 unspecified atom stereocenters. The van der Waals surface area contributed by atoms with Gasteiger partial charge in [-0.1, -0.05) is 52.3 Å². The first-order valence-electron chi connectivity index (χ1n) is 10.7. The molecule has 2 rings (SSSR count). The van der Waals surface area contributed by atoms with Crippen molar-refractivity contribution in [1.29, 1.82) is 0 Å². The summed E-state index contributed by atoms with van der Waals surface area (Å²) < 4.78 is 47.8. The topological polar surface area (TPSA) is 21.3 Å². The average Bonchev–Trinajstić information content (AvgIpc) is 2.62. The summed E-state index contributed by atoms with van der Waals surface area (Å²) in [5.41, 5.74) is -0.230. The van der Waals surface area contributed by atoms with Crippen molar-refractivity contribution in [1.82, 2.24) is 5.32 Å². The van der Waals surface area contributed by atoms with Crippen LogP contribution < -0.4 is 5.32 Å². The molecule has 1 fully saturated rings. The molecule has 0 saturated heterocycles. The lowest BCUT2D eigenvalue weighted by Gasteiger charge is -2.43. The molecule has 0 aliphatic heterocycles. The van der Waals surface area contributed by atoms with Crippen LogP contribution in [-0.4, -0.2) is 21.4 Å². The zero-order valence-corrected chi connectivity index (χ0v) is 20.0. The van der Waals surface area contributed by atoms with Crippen LogP contribution >= 0.6 is 11.6 Å². The minimum absolute atomic E-state index is 0.0790. The molecule has 2 nitrogen and oxygen atoms in total. The van der Waals surface area contributed by atoms with Gasteiger partial charge in [0.2, 0.25) is 0 Å². The van der Waals surface area contributed by atoms with Gasteiger partial charge in [-0.2, -0.15) is 13.2 Å². The number of rotatable bonds is 10. The molecular weight excluding hydrogens is 415 g/mol. The maximum Gasteiger partial charge on any atom is 0.416 e. The quantitative estimate of drug-likeness (QED) is 0.374. The number of nitrogens with one attached hydrogen (secondary N) is 1. The second-order valence-corrected chi connectivity index (χ2v) is 14.3. The van der Waals surface area contributed by atoms with E-state index in [1.54, 1.807) is 0 Å². The number of hydrogen-bond donors (Lipinski definition) is 1. The first kappa shape index (κ1) is 24.7. The highest BCUT2D eigenvalue weighted by atomic mass is 35.5. The Morgan fingerprint density at radius 3 is 2.24 bits per heavy atom. The van der Waals surface area contributed by atoms with Crippen LogP contribution in [0.2, 0.25) is 23.2 Å². The van der Waals surface area contributed by atoms with E-state index in [1.165, 1.54) is 12.1 Å². The van der Waals surface area contributed by atoms with Crippen molar-refractivity contribution in [2.75, 3.05) is 13.1 Å². The lowest BCUT2D eigenvalue weighted by molar-refractivity contribution is -0.139. The number of alkyl halides is 3. The van der Waals surface area contributed by atoms with Crippen LogP contribution in [0.15, 0.2) is 18.2 Å². The zero-order chi connectivity index (χ0) is 21.9. The van der Waals surface area contributed by atoms with E-state index < -0.39 is 26.2 Å². The van der Waals surface area contributed by atoms with Gasteiger partial charge >= 0.3 is 6.18 Å². The van der Waals surface area contributed by atoms with Crippen LogP contribution in [0.4, 0.5) is 13.2 Å². The molecule has 1 aliphatic carbocycles. The van der Waals surface area contributed by atoms with Crippen molar-refractivity contribution in [2.24, 2.45) is 11.3 Å². The first-order valence-corrected chi connectivity index (χ1v) is 13.6. The Labute approximate surface area is 179 Å². The van der Waals surface area contributed by atoms with Crippen molar-refractivity contribution in [3.63, 3.8) is 0 Å². The Bertz CT molecular complexity index is 660. The van der Waals surface area contributed by atoms with Crippen molar-refractivity contribution in [2.45, 2.75) is 77.9 Å². The molecule has 1 aliphatic rings. The van der Waals surface area contributed by atoms with E-state index in [9.17, 15) is 13.2 Å². The van der Waals surface area contributed by atoms with Gasteiger partial charge < -0.3 is 9.74 Å². The number of halogens is 4. The molecule has 1 atom stereocenters. The fraction of sp³-hybridized carbons (Fsp3) is 0.727. The van der Waals surface area contributed by atoms with E-state index >= 15 is 0 Å². The molecule has 0 spiro atoms. The summed E-state index contributed by atoms with van der Waals surface area (Å²) >= 11 is 6.31. The molecule has 0 amide bonds. The van der Waals surface area contributed by atoms with Crippen LogP contribution in [0, 0.1) is 11.3 Å². The van der Waals surface area contributed by atoms with Crippen molar-refractivity contribution >= 4 is 19.9 Å². The Balaban J connectivity index is 2.28. The molecule has 0 radical (unpaired) electrons. The maximum absolute atomic E-state index is 13.7. The van der Waals surface area contributed by atoms with E-state index in [0.717, 1.165) is 43.6 Å². The molecule has 0 heterocycles. The Kier molecular flexibility index (Phi) is 8.27. The highest BCUT2D eigenvalue weighted by Gasteiger charge is 2.40. The van der Waals surface area contributed by atoms with E-state index in [4.69, 9.17) is 16.0 Å². The second-order valence-electron chi connectivity index (χ2n) is 9.15. The summed E-state index contributed by atoms with van der Waals surface area (Å²) in [7, 11) is -2.13. The third-order valence-electron chi connectivity index (χ3n) is 6.45. The van der Waals surface area contributed by atoms with Crippen LogP contribution in [0.1, 0.15) is 64.7 Å². The normalized spacial score (nSPS) is 18.5. The molecule has 0 aromatic heterocycles. The molecule has 1 aromatic rings. The number of benzene rings is 1. The standard InChI is InChI=1S/C22H35ClF3NOSi/c1-6-29(7-2,8-3)28-19(15-27-14-16-12-21(4,5)13-16)20-17(22(24,25)26)10-9-11-18(20)23/h9-11,16,19,27H,6-8,12-15H2,1-5H3. The van der Waals surface area contributed by atoms with Crippen molar-refractivity contribution in [3.05, 3.63) is 34.3 Å². The van der Waals surface area contributed by atoms with Gasteiger partial charge in [-0.15, -0.1) is 0 Å². The summed E-state index contributed by atoms with van der Waals surface area (Å²) in [6, 6.07) is 6.63. The fourth-order valence-corrected chi connectivity index (χ4v) is 7.78. The lowest BCUT2D eigenvalue weighted by atomic mass is 9.64. The Morgan fingerprint density at radius 2 is 1.76 bits per heavy atom. The van der Waals surface area contributed by atoms with Gasteiger partial charge in [-0.05, 0) is 61.0 Å². The smallest absolute Gasteiger partial charge is 0.409 e. The van der Waals surface area contributed by atoms with Gasteiger partial charge in [0.1, 0.15) is 0 Å². The molecule has 166 valence electrons. The van der Waals surface area contributed by atoms with Gasteiger partial charge in [0.25, 0.3) is 0 Å². The third-order valence-corrected chi connectivity index (χ3v) is 11.4. The summed E-state index contributed by atoms with van der Waals surface area (Å²) in [5, 5.41) is 3.52. The van der Waals surface area contributed by atoms with Crippen LogP contribution in [0.25, 0.3) is 0 Å². The maximum atomic E-state index is 13.7. The predicted molar refractivity (Wildman–Crippen MR) is 117 cm³/mol. The van der Waals surface area contributed by atoms with Gasteiger partial charge in [0, 0.05) is 17.1 Å². The van der Waals surface area contributed by atoms with E-state index in [1.807, 2.05) is 0 Å². The molecule has 0 bridgehead atoms. The molecule has 1 N–H and O–H groups in total. The molecule has 29 heavy (non-hydrogen) atoms. The van der Waals surface area contributed by atoms with E-state index in [-0.39, 0.29) is 10.6 Å². The minimum atomic E-state index is -4.46. The van der Waals surface area contributed by atoms with E-state index in [0.29, 0.717) is 17.9 Å². The van der Waals surface area contributed by atoms with Gasteiger partial charge in [0.15, 0.2) is 8.32 Å². The van der Waals surface area contributed by atoms with E-state index in [2.05, 4.69) is 39.9 Å². The molecular formula is C22H35ClF3NOSi. The first-order chi connectivity index (χ1) is 13.5. The molecule has 7 heteroatoms.